The second-order valence-electron chi connectivity index (χ2n) is 5.43. The molecule has 5 heteroatoms. The first-order valence-electron chi connectivity index (χ1n) is 7.60. The van der Waals surface area contributed by atoms with E-state index in [0.29, 0.717) is 31.1 Å². The van der Waals surface area contributed by atoms with Gasteiger partial charge >= 0.3 is 0 Å². The molecule has 1 unspecified atom stereocenters. The van der Waals surface area contributed by atoms with Gasteiger partial charge < -0.3 is 15.4 Å². The number of hydrogen-bond acceptors (Lipinski definition) is 3. The lowest BCUT2D eigenvalue weighted by atomic mass is 10.00. The van der Waals surface area contributed by atoms with Crippen molar-refractivity contribution in [2.45, 2.75) is 25.7 Å². The third kappa shape index (κ3) is 6.12. The highest BCUT2D eigenvalue weighted by Gasteiger charge is 2.13. The first-order valence-corrected chi connectivity index (χ1v) is 7.60. The number of nitrogens with one attached hydrogen (secondary N) is 2. The maximum Gasteiger partial charge on any atom is 0.220 e. The maximum atomic E-state index is 12.9. The van der Waals surface area contributed by atoms with Gasteiger partial charge in [-0.05, 0) is 50.4 Å². The molecule has 21 heavy (non-hydrogen) atoms. The zero-order chi connectivity index (χ0) is 14.9. The van der Waals surface area contributed by atoms with E-state index in [2.05, 4.69) is 10.6 Å². The van der Waals surface area contributed by atoms with Crippen LogP contribution < -0.4 is 15.4 Å². The Morgan fingerprint density at radius 1 is 1.48 bits per heavy atom. The minimum atomic E-state index is -0.314. The number of rotatable bonds is 7. The van der Waals surface area contributed by atoms with Crippen LogP contribution in [0.2, 0.25) is 0 Å². The van der Waals surface area contributed by atoms with Gasteiger partial charge in [0.25, 0.3) is 0 Å². The fourth-order valence-electron chi connectivity index (χ4n) is 2.42. The van der Waals surface area contributed by atoms with Crippen LogP contribution in [0.1, 0.15) is 25.7 Å². The summed E-state index contributed by atoms with van der Waals surface area (Å²) in [6, 6.07) is 6.03. The summed E-state index contributed by atoms with van der Waals surface area (Å²) in [7, 11) is 0. The Balaban J connectivity index is 1.54. The smallest absolute Gasteiger partial charge is 0.220 e. The molecular weight excluding hydrogens is 271 g/mol. The zero-order valence-electron chi connectivity index (χ0n) is 12.2. The number of amides is 1. The molecule has 1 fully saturated rings. The molecule has 4 nitrogen and oxygen atoms in total. The van der Waals surface area contributed by atoms with Gasteiger partial charge in [-0.3, -0.25) is 4.79 Å². The van der Waals surface area contributed by atoms with Crippen LogP contribution in [0, 0.1) is 11.7 Å². The summed E-state index contributed by atoms with van der Waals surface area (Å²) in [5.74, 6) is 0.796. The van der Waals surface area contributed by atoms with Crippen molar-refractivity contribution in [2.24, 2.45) is 5.92 Å². The van der Waals surface area contributed by atoms with Gasteiger partial charge in [0.15, 0.2) is 0 Å². The maximum absolute atomic E-state index is 12.9. The molecule has 2 rings (SSSR count). The van der Waals surface area contributed by atoms with Crippen LogP contribution in [0.25, 0.3) is 0 Å². The molecule has 0 bridgehead atoms. The summed E-state index contributed by atoms with van der Waals surface area (Å²) in [6.07, 6.45) is 3.43. The van der Waals surface area contributed by atoms with Crippen LogP contribution in [0.3, 0.4) is 0 Å². The van der Waals surface area contributed by atoms with Crippen LogP contribution >= 0.6 is 0 Å². The zero-order valence-corrected chi connectivity index (χ0v) is 12.2. The number of ether oxygens (including phenoxy) is 1. The van der Waals surface area contributed by atoms with Crippen molar-refractivity contribution in [3.05, 3.63) is 30.1 Å². The van der Waals surface area contributed by atoms with E-state index in [1.54, 1.807) is 12.1 Å². The van der Waals surface area contributed by atoms with E-state index in [9.17, 15) is 9.18 Å². The Hall–Kier alpha value is -1.62. The number of carbonyl (C=O) groups is 1. The highest BCUT2D eigenvalue weighted by Crippen LogP contribution is 2.12. The lowest BCUT2D eigenvalue weighted by Crippen LogP contribution is -2.38. The molecule has 1 aliphatic rings. The molecule has 1 aliphatic heterocycles. The predicted octanol–water partition coefficient (Wildman–Crippen LogP) is 2.10. The minimum Gasteiger partial charge on any atom is -0.493 e. The fraction of sp³-hybridized carbons (Fsp3) is 0.562. The first-order chi connectivity index (χ1) is 10.2. The fourth-order valence-corrected chi connectivity index (χ4v) is 2.42. The first kappa shape index (κ1) is 15.8. The Kier molecular flexibility index (Phi) is 6.47. The van der Waals surface area contributed by atoms with Crippen LogP contribution in [-0.2, 0) is 4.79 Å². The normalized spacial score (nSPS) is 18.2. The third-order valence-electron chi connectivity index (χ3n) is 3.60. The average molecular weight is 294 g/mol. The Morgan fingerprint density at radius 3 is 3.14 bits per heavy atom. The van der Waals surface area contributed by atoms with Gasteiger partial charge in [0.2, 0.25) is 5.91 Å². The lowest BCUT2D eigenvalue weighted by molar-refractivity contribution is -0.121. The molecule has 116 valence electrons. The van der Waals surface area contributed by atoms with Crippen LogP contribution in [0.4, 0.5) is 4.39 Å². The second-order valence-corrected chi connectivity index (χ2v) is 5.43. The van der Waals surface area contributed by atoms with E-state index >= 15 is 0 Å². The minimum absolute atomic E-state index is 0.0587. The Bertz CT molecular complexity index is 448. The molecule has 1 heterocycles. The van der Waals surface area contributed by atoms with Gasteiger partial charge in [-0.1, -0.05) is 6.07 Å². The second kappa shape index (κ2) is 8.62. The van der Waals surface area contributed by atoms with Crippen LogP contribution in [0.5, 0.6) is 5.75 Å². The van der Waals surface area contributed by atoms with Gasteiger partial charge in [-0.25, -0.2) is 4.39 Å². The summed E-state index contributed by atoms with van der Waals surface area (Å²) in [5.41, 5.74) is 0. The third-order valence-corrected chi connectivity index (χ3v) is 3.60. The Morgan fingerprint density at radius 2 is 2.38 bits per heavy atom. The number of hydrogen-bond donors (Lipinski definition) is 2. The molecule has 1 aromatic rings. The van der Waals surface area contributed by atoms with Crippen molar-refractivity contribution in [3.8, 4) is 5.75 Å². The monoisotopic (exact) mass is 294 g/mol. The van der Waals surface area contributed by atoms with E-state index in [0.717, 1.165) is 19.6 Å². The van der Waals surface area contributed by atoms with E-state index in [4.69, 9.17) is 4.74 Å². The highest BCUT2D eigenvalue weighted by atomic mass is 19.1. The largest absolute Gasteiger partial charge is 0.493 e. The van der Waals surface area contributed by atoms with Gasteiger partial charge in [-0.2, -0.15) is 0 Å². The summed E-state index contributed by atoms with van der Waals surface area (Å²) >= 11 is 0. The molecule has 2 N–H and O–H groups in total. The van der Waals surface area contributed by atoms with E-state index in [1.165, 1.54) is 25.0 Å². The molecule has 0 radical (unpaired) electrons. The number of piperidine rings is 1. The molecule has 0 saturated carbocycles. The van der Waals surface area contributed by atoms with Gasteiger partial charge in [0, 0.05) is 19.0 Å². The molecular formula is C16H23FN2O2. The lowest BCUT2D eigenvalue weighted by Gasteiger charge is -2.22. The average Bonchev–Trinajstić information content (AvgIpc) is 2.51. The van der Waals surface area contributed by atoms with Gasteiger partial charge in [0.1, 0.15) is 11.6 Å². The number of benzene rings is 1. The van der Waals surface area contributed by atoms with Crippen LogP contribution in [0.15, 0.2) is 24.3 Å². The number of carbonyl (C=O) groups excluding carboxylic acids is 1. The molecule has 0 aliphatic carbocycles. The van der Waals surface area contributed by atoms with Crippen molar-refractivity contribution in [3.63, 3.8) is 0 Å². The highest BCUT2D eigenvalue weighted by molar-refractivity contribution is 5.75. The molecule has 1 amide bonds. The molecule has 1 saturated heterocycles. The summed E-state index contributed by atoms with van der Waals surface area (Å²) in [6.45, 7) is 3.24. The summed E-state index contributed by atoms with van der Waals surface area (Å²) < 4.78 is 18.3. The van der Waals surface area contributed by atoms with Gasteiger partial charge in [0.05, 0.1) is 6.61 Å². The molecule has 0 aromatic heterocycles. The molecule has 1 atom stereocenters. The van der Waals surface area contributed by atoms with Crippen molar-refractivity contribution >= 4 is 5.91 Å². The van der Waals surface area contributed by atoms with E-state index in [1.807, 2.05) is 0 Å². The summed E-state index contributed by atoms with van der Waals surface area (Å²) in [5, 5.41) is 6.30. The number of halogens is 1. The van der Waals surface area contributed by atoms with Crippen molar-refractivity contribution in [2.75, 3.05) is 26.2 Å². The van der Waals surface area contributed by atoms with Crippen molar-refractivity contribution in [1.82, 2.24) is 10.6 Å². The molecule has 1 aromatic carbocycles. The van der Waals surface area contributed by atoms with Crippen molar-refractivity contribution in [1.29, 1.82) is 0 Å². The Labute approximate surface area is 125 Å². The van der Waals surface area contributed by atoms with Gasteiger partial charge in [-0.15, -0.1) is 0 Å². The predicted molar refractivity (Wildman–Crippen MR) is 79.7 cm³/mol. The van der Waals surface area contributed by atoms with Crippen molar-refractivity contribution < 1.29 is 13.9 Å². The SMILES string of the molecule is O=C(CCCOc1cccc(F)c1)NCC1CCCNC1. The topological polar surface area (TPSA) is 50.4 Å². The van der Waals surface area contributed by atoms with E-state index in [-0.39, 0.29) is 11.7 Å². The van der Waals surface area contributed by atoms with E-state index < -0.39 is 0 Å². The summed E-state index contributed by atoms with van der Waals surface area (Å²) in [4.78, 5) is 11.7. The molecule has 0 spiro atoms. The van der Waals surface area contributed by atoms with Crippen LogP contribution in [-0.4, -0.2) is 32.1 Å². The quantitative estimate of drug-likeness (QED) is 0.757. The standard InChI is InChI=1S/C16H23FN2O2/c17-14-5-1-6-15(10-14)21-9-3-7-16(20)19-12-13-4-2-8-18-11-13/h1,5-6,10,13,18H,2-4,7-9,11-12H2,(H,19,20).